The smallest absolute Gasteiger partial charge is 0.457 e. The quantitative estimate of drug-likeness (QED) is 0.0169. The van der Waals surface area contributed by atoms with E-state index in [0.717, 1.165) is 231 Å². The number of allylic oxidation sites excluding steroid dienone is 10. The molecule has 19 heteroatoms. The second kappa shape index (κ2) is 76.9. The van der Waals surface area contributed by atoms with E-state index in [2.05, 4.69) is 67.7 Å². The zero-order chi connectivity index (χ0) is 71.3. The van der Waals surface area contributed by atoms with Crippen LogP contribution < -0.4 is 0 Å². The molecule has 0 saturated heterocycles. The van der Waals surface area contributed by atoms with Crippen molar-refractivity contribution < 1.29 is 80.2 Å². The zero-order valence-corrected chi connectivity index (χ0v) is 63.6. The number of esters is 1. The van der Waals surface area contributed by atoms with Crippen LogP contribution in [0.2, 0.25) is 0 Å². The first kappa shape index (κ1) is 95.2. The molecule has 0 aliphatic heterocycles. The second-order valence-corrected chi connectivity index (χ2v) is 29.4. The Bertz CT molecular complexity index is 2000. The van der Waals surface area contributed by atoms with Crippen molar-refractivity contribution in [2.24, 2.45) is 0 Å². The Morgan fingerprint density at radius 2 is 0.602 bits per heavy atom. The van der Waals surface area contributed by atoms with E-state index in [4.69, 9.17) is 37.0 Å². The molecule has 0 aliphatic rings. The molecule has 0 fully saturated rings. The van der Waals surface area contributed by atoms with Gasteiger partial charge in [0, 0.05) is 45.5 Å². The normalized spacial score (nSPS) is 14.3. The first-order valence-corrected chi connectivity index (χ1v) is 42.4. The number of ether oxygens (including phenoxy) is 4. The van der Waals surface area contributed by atoms with Crippen LogP contribution >= 0.6 is 15.6 Å². The molecule has 0 aromatic rings. The van der Waals surface area contributed by atoms with Gasteiger partial charge in [-0.2, -0.15) is 0 Å². The topological polar surface area (TPSA) is 237 Å². The van der Waals surface area contributed by atoms with Gasteiger partial charge in [0.15, 0.2) is 0 Å². The van der Waals surface area contributed by atoms with Crippen LogP contribution in [0.3, 0.4) is 0 Å². The summed E-state index contributed by atoms with van der Waals surface area (Å²) in [6.45, 7) is 1.31. The molecule has 0 saturated carbocycles. The van der Waals surface area contributed by atoms with Crippen molar-refractivity contribution >= 4 is 40.5 Å². The first-order chi connectivity index (χ1) is 48.0. The van der Waals surface area contributed by atoms with E-state index in [-0.39, 0.29) is 26.2 Å². The molecule has 0 aromatic carbocycles. The van der Waals surface area contributed by atoms with Gasteiger partial charge in [0.25, 0.3) is 0 Å². The van der Waals surface area contributed by atoms with Crippen LogP contribution in [0.5, 0.6) is 0 Å². The van der Waals surface area contributed by atoms with E-state index in [0.29, 0.717) is 45.5 Å². The number of hydrogen-bond acceptors (Lipinski definition) is 15. The number of phosphoric ester groups is 2. The van der Waals surface area contributed by atoms with Crippen LogP contribution in [0.25, 0.3) is 0 Å². The monoisotopic (exact) mass is 1430 g/mol. The average Bonchev–Trinajstić information content (AvgIpc) is 2.11. The predicted octanol–water partition coefficient (Wildman–Crippen LogP) is 21.6. The van der Waals surface area contributed by atoms with Crippen LogP contribution in [0, 0.1) is 0 Å². The van der Waals surface area contributed by atoms with Crippen LogP contribution in [0.15, 0.2) is 60.8 Å². The lowest BCUT2D eigenvalue weighted by Gasteiger charge is -2.21. The lowest BCUT2D eigenvalue weighted by Crippen LogP contribution is -2.29. The molecule has 17 nitrogen and oxygen atoms in total. The molecule has 0 heterocycles. The van der Waals surface area contributed by atoms with Crippen molar-refractivity contribution in [1.29, 1.82) is 0 Å². The Morgan fingerprint density at radius 1 is 0.327 bits per heavy atom. The largest absolute Gasteiger partial charge is 0.472 e. The third-order valence-corrected chi connectivity index (χ3v) is 18.9. The van der Waals surface area contributed by atoms with Gasteiger partial charge >= 0.3 is 21.6 Å². The van der Waals surface area contributed by atoms with Crippen molar-refractivity contribution in [3.8, 4) is 0 Å². The Kier molecular flexibility index (Phi) is 74.7. The summed E-state index contributed by atoms with van der Waals surface area (Å²) in [6.07, 6.45) is 76.5. The number of aliphatic hydroxyl groups excluding tert-OH is 1. The molecule has 572 valence electrons. The van der Waals surface area contributed by atoms with Crippen LogP contribution in [0.4, 0.5) is 0 Å². The maximum atomic E-state index is 13.1. The van der Waals surface area contributed by atoms with Crippen LogP contribution in [-0.2, 0) is 65.4 Å². The fraction of sp³-hybridized carbons (Fsp3) is 0.823. The van der Waals surface area contributed by atoms with Gasteiger partial charge in [-0.05, 0) is 154 Å². The molecule has 0 spiro atoms. The van der Waals surface area contributed by atoms with Gasteiger partial charge in [0.2, 0.25) is 0 Å². The van der Waals surface area contributed by atoms with E-state index < -0.39 is 59.7 Å². The molecule has 3 N–H and O–H groups in total. The van der Waals surface area contributed by atoms with Crippen molar-refractivity contribution in [3.63, 3.8) is 0 Å². The van der Waals surface area contributed by atoms with Gasteiger partial charge in [-0.25, -0.2) is 9.13 Å². The fourth-order valence-corrected chi connectivity index (χ4v) is 12.5. The summed E-state index contributed by atoms with van der Waals surface area (Å²) < 4.78 is 70.6. The third kappa shape index (κ3) is 75.9. The molecule has 98 heavy (non-hydrogen) atoms. The number of hydrogen-bond donors (Lipinski definition) is 3. The maximum Gasteiger partial charge on any atom is 0.472 e. The number of carbonyl (C=O) groups excluding carboxylic acids is 4. The summed E-state index contributed by atoms with van der Waals surface area (Å²) >= 11 is 0. The maximum absolute atomic E-state index is 13.1. The summed E-state index contributed by atoms with van der Waals surface area (Å²) in [5.41, 5.74) is 0. The molecule has 0 bridgehead atoms. The van der Waals surface area contributed by atoms with Gasteiger partial charge in [0.1, 0.15) is 37.2 Å². The minimum absolute atomic E-state index is 0.0539. The van der Waals surface area contributed by atoms with Crippen molar-refractivity contribution in [3.05, 3.63) is 60.8 Å². The number of aliphatic hydroxyl groups is 1. The van der Waals surface area contributed by atoms with Gasteiger partial charge < -0.3 is 48.2 Å². The van der Waals surface area contributed by atoms with Gasteiger partial charge in [-0.15, -0.1) is 0 Å². The van der Waals surface area contributed by atoms with Gasteiger partial charge in [-0.3, -0.25) is 22.9 Å². The highest BCUT2D eigenvalue weighted by molar-refractivity contribution is 7.47. The number of carbonyl (C=O) groups is 4. The average molecular weight is 1430 g/mol. The molecule has 0 rings (SSSR count). The summed E-state index contributed by atoms with van der Waals surface area (Å²) in [5, 5.41) is 10.6. The van der Waals surface area contributed by atoms with Crippen molar-refractivity contribution in [2.45, 2.75) is 359 Å². The SMILES string of the molecule is CCCCC/C=C\C/C=C\CCCCCCCC(=O)O[C@H](COCCCCCCCCC/C=C\CCCCCCC=O)COP(=O)(O)OC[C@@H](O)COP(=O)(O)OC[C@@H](COCCCCCCCCC/C=C\CCCCCCC=O)OCCCCCCC/C=C\CCCCCCC=O. The Labute approximate surface area is 597 Å². The standard InChI is InChI=1S/C79H144O17P2/c1-2-3-4-5-6-7-8-9-14-21-28-35-42-49-56-63-79(84)96-78(73-90-68-61-54-47-40-33-26-19-13-11-16-23-30-37-44-51-58-65-81)75-95-98(87,88)93-71-76(83)70-92-97(85,86)94-74-77(91-69-62-55-48-41-34-27-20-17-24-31-38-45-52-59-66-82)72-89-67-60-53-46-39-32-25-18-12-10-15-22-29-36-43-50-57-64-80/h6-7,9-11,14-17,20,64-66,76-78,83H,2-5,8,12-13,18-19,21-63,67-75H2,1H3,(H,85,86)(H,87,88)/b7-6-,14-9-,15-10-,16-11-,20-17-/t76-,77+,78+/m0/s1. The highest BCUT2D eigenvalue weighted by atomic mass is 31.2. The van der Waals surface area contributed by atoms with Gasteiger partial charge in [0.05, 0.1) is 39.6 Å². The predicted molar refractivity (Wildman–Crippen MR) is 400 cm³/mol. The minimum Gasteiger partial charge on any atom is -0.457 e. The molecular formula is C79H144O17P2. The fourth-order valence-electron chi connectivity index (χ4n) is 10.9. The van der Waals surface area contributed by atoms with E-state index in [1.807, 2.05) is 0 Å². The molecule has 0 radical (unpaired) electrons. The second-order valence-electron chi connectivity index (χ2n) is 26.5. The van der Waals surface area contributed by atoms with Crippen molar-refractivity contribution in [1.82, 2.24) is 0 Å². The molecular weight excluding hydrogens is 1280 g/mol. The number of aldehydes is 3. The summed E-state index contributed by atoms with van der Waals surface area (Å²) in [6, 6.07) is 0. The molecule has 2 unspecified atom stereocenters. The highest BCUT2D eigenvalue weighted by Gasteiger charge is 2.29. The Morgan fingerprint density at radius 3 is 0.959 bits per heavy atom. The molecule has 0 aromatic heterocycles. The number of rotatable bonds is 81. The lowest BCUT2D eigenvalue weighted by atomic mass is 10.1. The summed E-state index contributed by atoms with van der Waals surface area (Å²) in [5.74, 6) is -0.462. The van der Waals surface area contributed by atoms with E-state index in [9.17, 15) is 43.2 Å². The minimum atomic E-state index is -4.83. The molecule has 0 aliphatic carbocycles. The Balaban J connectivity index is 5.13. The third-order valence-electron chi connectivity index (χ3n) is 17.0. The highest BCUT2D eigenvalue weighted by Crippen LogP contribution is 2.45. The summed E-state index contributed by atoms with van der Waals surface area (Å²) in [7, 11) is -9.57. The molecule has 0 amide bonds. The Hall–Kier alpha value is -2.76. The number of phosphoric acid groups is 2. The van der Waals surface area contributed by atoms with Crippen LogP contribution in [-0.4, -0.2) is 117 Å². The van der Waals surface area contributed by atoms with Crippen LogP contribution in [0.1, 0.15) is 341 Å². The van der Waals surface area contributed by atoms with E-state index in [1.54, 1.807) is 0 Å². The van der Waals surface area contributed by atoms with Gasteiger partial charge in [-0.1, -0.05) is 222 Å². The summed E-state index contributed by atoms with van der Waals surface area (Å²) in [4.78, 5) is 65.7. The molecule has 5 atom stereocenters. The zero-order valence-electron chi connectivity index (χ0n) is 61.8. The number of unbranched alkanes of at least 4 members (excludes halogenated alkanes) is 42. The van der Waals surface area contributed by atoms with E-state index >= 15 is 0 Å². The first-order valence-electron chi connectivity index (χ1n) is 39.4. The lowest BCUT2D eigenvalue weighted by molar-refractivity contribution is -0.154. The van der Waals surface area contributed by atoms with Crippen molar-refractivity contribution in [2.75, 3.05) is 59.5 Å². The van der Waals surface area contributed by atoms with E-state index in [1.165, 1.54) is 89.9 Å².